The topological polar surface area (TPSA) is 122 Å². The number of aromatic amines is 1. The molecule has 1 amide bonds. The average Bonchev–Trinajstić information content (AvgIpc) is 3.08. The number of aryl methyl sites for hydroxylation is 1. The Morgan fingerprint density at radius 3 is 2.85 bits per heavy atom. The summed E-state index contributed by atoms with van der Waals surface area (Å²) >= 11 is 0. The first-order valence-corrected chi connectivity index (χ1v) is 8.12. The largest absolute Gasteiger partial charge is 0.331 e. The number of carbonyl (C=O) groups is 1. The zero-order chi connectivity index (χ0) is 18.7. The van der Waals surface area contributed by atoms with Crippen molar-refractivity contribution in [2.75, 3.05) is 26.0 Å². The lowest BCUT2D eigenvalue weighted by molar-refractivity contribution is -0.115. The molecule has 0 unspecified atom stereocenters. The van der Waals surface area contributed by atoms with Gasteiger partial charge in [0.1, 0.15) is 5.65 Å². The van der Waals surface area contributed by atoms with Crippen molar-refractivity contribution in [3.05, 3.63) is 39.8 Å². The van der Waals surface area contributed by atoms with E-state index >= 15 is 0 Å². The minimum atomic E-state index is -0.387. The summed E-state index contributed by atoms with van der Waals surface area (Å²) in [5.41, 5.74) is 1.65. The van der Waals surface area contributed by atoms with Gasteiger partial charge in [0.2, 0.25) is 5.91 Å². The molecular formula is C16H20N8O2. The minimum Gasteiger partial charge on any atom is -0.331 e. The number of nitrogens with one attached hydrogen (secondary N) is 2. The summed E-state index contributed by atoms with van der Waals surface area (Å²) in [4.78, 5) is 31.5. The average molecular weight is 356 g/mol. The number of amides is 1. The molecule has 10 nitrogen and oxygen atoms in total. The zero-order valence-electron chi connectivity index (χ0n) is 14.9. The fourth-order valence-electron chi connectivity index (χ4n) is 2.58. The molecule has 26 heavy (non-hydrogen) atoms. The molecule has 0 radical (unpaired) electrons. The van der Waals surface area contributed by atoms with Gasteiger partial charge in [-0.2, -0.15) is 5.21 Å². The molecule has 0 atom stereocenters. The standard InChI is InChI=1S/C16H20N8O2/c1-10-4-5-12-14(26)11(8-13(25)18-16-19-21-22-20-16)9-24(15(12)17-10)7-6-23(2)3/h4-5,9H,6-8H2,1-3H3,(H2,18,19,20,21,22,25). The first-order chi connectivity index (χ1) is 12.4. The molecule has 0 bridgehead atoms. The lowest BCUT2D eigenvalue weighted by atomic mass is 10.1. The summed E-state index contributed by atoms with van der Waals surface area (Å²) in [7, 11) is 3.95. The molecule has 0 fully saturated rings. The molecule has 0 saturated carbocycles. The van der Waals surface area contributed by atoms with Crippen LogP contribution in [0.1, 0.15) is 11.3 Å². The molecule has 0 spiro atoms. The molecule has 0 saturated heterocycles. The van der Waals surface area contributed by atoms with Gasteiger partial charge in [-0.3, -0.25) is 14.9 Å². The summed E-state index contributed by atoms with van der Waals surface area (Å²) < 4.78 is 1.92. The summed E-state index contributed by atoms with van der Waals surface area (Å²) in [6.07, 6.45) is 1.62. The fraction of sp³-hybridized carbons (Fsp3) is 0.375. The number of aromatic nitrogens is 6. The van der Waals surface area contributed by atoms with Crippen LogP contribution in [0.25, 0.3) is 11.0 Å². The second-order valence-electron chi connectivity index (χ2n) is 6.26. The number of carbonyl (C=O) groups excluding carboxylic acids is 1. The lowest BCUT2D eigenvalue weighted by Gasteiger charge is -2.15. The van der Waals surface area contributed by atoms with Gasteiger partial charge >= 0.3 is 0 Å². The van der Waals surface area contributed by atoms with Gasteiger partial charge in [-0.05, 0) is 38.4 Å². The van der Waals surface area contributed by atoms with Gasteiger partial charge in [-0.15, -0.1) is 5.10 Å². The van der Waals surface area contributed by atoms with Gasteiger partial charge in [0, 0.05) is 30.5 Å². The monoisotopic (exact) mass is 356 g/mol. The number of hydrogen-bond acceptors (Lipinski definition) is 7. The summed E-state index contributed by atoms with van der Waals surface area (Å²) in [5, 5.41) is 16.0. The van der Waals surface area contributed by atoms with E-state index in [4.69, 9.17) is 0 Å². The predicted octanol–water partition coefficient (Wildman–Crippen LogP) is -0.0392. The maximum absolute atomic E-state index is 12.8. The highest BCUT2D eigenvalue weighted by Gasteiger charge is 2.15. The Kier molecular flexibility index (Phi) is 5.03. The number of tetrazole rings is 1. The number of fused-ring (bicyclic) bond motifs is 1. The van der Waals surface area contributed by atoms with Crippen LogP contribution in [0.2, 0.25) is 0 Å². The lowest BCUT2D eigenvalue weighted by Crippen LogP contribution is -2.25. The molecule has 0 aliphatic carbocycles. The van der Waals surface area contributed by atoms with Crippen LogP contribution in [0, 0.1) is 6.92 Å². The Morgan fingerprint density at radius 1 is 1.35 bits per heavy atom. The second-order valence-corrected chi connectivity index (χ2v) is 6.26. The predicted molar refractivity (Wildman–Crippen MR) is 95.8 cm³/mol. The van der Waals surface area contributed by atoms with Crippen molar-refractivity contribution < 1.29 is 4.79 Å². The third kappa shape index (κ3) is 3.91. The van der Waals surface area contributed by atoms with Gasteiger partial charge in [0.15, 0.2) is 5.43 Å². The number of hydrogen-bond donors (Lipinski definition) is 2. The number of rotatable bonds is 6. The normalized spacial score (nSPS) is 11.2. The van der Waals surface area contributed by atoms with Crippen molar-refractivity contribution in [2.45, 2.75) is 19.9 Å². The van der Waals surface area contributed by atoms with Crippen molar-refractivity contribution in [3.63, 3.8) is 0 Å². The van der Waals surface area contributed by atoms with E-state index in [0.717, 1.165) is 12.2 Å². The van der Waals surface area contributed by atoms with E-state index < -0.39 is 0 Å². The number of likely N-dealkylation sites (N-methyl/N-ethyl adjacent to an activating group) is 1. The van der Waals surface area contributed by atoms with E-state index in [0.29, 0.717) is 23.1 Å². The summed E-state index contributed by atoms with van der Waals surface area (Å²) in [6.45, 7) is 3.31. The third-order valence-electron chi connectivity index (χ3n) is 3.87. The van der Waals surface area contributed by atoms with E-state index in [1.807, 2.05) is 30.5 Å². The van der Waals surface area contributed by atoms with Gasteiger partial charge in [-0.25, -0.2) is 4.98 Å². The van der Waals surface area contributed by atoms with Crippen molar-refractivity contribution >= 4 is 22.9 Å². The van der Waals surface area contributed by atoms with Crippen LogP contribution >= 0.6 is 0 Å². The number of pyridine rings is 2. The van der Waals surface area contributed by atoms with Crippen LogP contribution in [0.4, 0.5) is 5.95 Å². The first-order valence-electron chi connectivity index (χ1n) is 8.12. The third-order valence-corrected chi connectivity index (χ3v) is 3.87. The molecule has 10 heteroatoms. The van der Waals surface area contributed by atoms with Crippen molar-refractivity contribution in [1.82, 2.24) is 35.1 Å². The molecule has 0 aliphatic rings. The number of H-pyrrole nitrogens is 1. The molecular weight excluding hydrogens is 336 g/mol. The Morgan fingerprint density at radius 2 is 2.15 bits per heavy atom. The van der Waals surface area contributed by atoms with Gasteiger partial charge < -0.3 is 9.47 Å². The molecule has 2 N–H and O–H groups in total. The van der Waals surface area contributed by atoms with Gasteiger partial charge in [0.05, 0.1) is 11.8 Å². The highest BCUT2D eigenvalue weighted by atomic mass is 16.2. The van der Waals surface area contributed by atoms with Crippen LogP contribution in [0.3, 0.4) is 0 Å². The zero-order valence-corrected chi connectivity index (χ0v) is 14.9. The Bertz CT molecular complexity index is 978. The van der Waals surface area contributed by atoms with E-state index in [9.17, 15) is 9.59 Å². The molecule has 3 aromatic rings. The van der Waals surface area contributed by atoms with Crippen LogP contribution in [0.5, 0.6) is 0 Å². The molecule has 0 aromatic carbocycles. The molecule has 3 rings (SSSR count). The van der Waals surface area contributed by atoms with E-state index in [-0.39, 0.29) is 23.7 Å². The van der Waals surface area contributed by atoms with Crippen LogP contribution < -0.4 is 10.7 Å². The minimum absolute atomic E-state index is 0.0704. The summed E-state index contributed by atoms with van der Waals surface area (Å²) in [5.74, 6) is -0.317. The van der Waals surface area contributed by atoms with Crippen molar-refractivity contribution in [3.8, 4) is 0 Å². The van der Waals surface area contributed by atoms with Crippen molar-refractivity contribution in [2.24, 2.45) is 0 Å². The van der Waals surface area contributed by atoms with Crippen LogP contribution in [0.15, 0.2) is 23.1 Å². The molecule has 3 aromatic heterocycles. The summed E-state index contributed by atoms with van der Waals surface area (Å²) in [6, 6.07) is 3.55. The van der Waals surface area contributed by atoms with E-state index in [2.05, 4.69) is 30.9 Å². The molecule has 136 valence electrons. The highest BCUT2D eigenvalue weighted by molar-refractivity contribution is 5.91. The van der Waals surface area contributed by atoms with E-state index in [1.165, 1.54) is 0 Å². The molecule has 3 heterocycles. The maximum Gasteiger partial charge on any atom is 0.269 e. The Labute approximate surface area is 149 Å². The quantitative estimate of drug-likeness (QED) is 0.635. The fourth-order valence-corrected chi connectivity index (χ4v) is 2.58. The highest BCUT2D eigenvalue weighted by Crippen LogP contribution is 2.12. The number of nitrogens with zero attached hydrogens (tertiary/aromatic N) is 6. The maximum atomic E-state index is 12.8. The number of anilines is 1. The van der Waals surface area contributed by atoms with Crippen molar-refractivity contribution in [1.29, 1.82) is 0 Å². The van der Waals surface area contributed by atoms with Crippen LogP contribution in [-0.2, 0) is 17.8 Å². The molecule has 0 aliphatic heterocycles. The van der Waals surface area contributed by atoms with Crippen LogP contribution in [-0.4, -0.2) is 61.6 Å². The first kappa shape index (κ1) is 17.7. The Hall–Kier alpha value is -3.14. The Balaban J connectivity index is 1.96. The van der Waals surface area contributed by atoms with Gasteiger partial charge in [-0.1, -0.05) is 5.10 Å². The SMILES string of the molecule is Cc1ccc2c(=O)c(CC(=O)Nc3nn[nH]n3)cn(CCN(C)C)c2n1. The second kappa shape index (κ2) is 7.40. The smallest absolute Gasteiger partial charge is 0.269 e. The van der Waals surface area contributed by atoms with Gasteiger partial charge in [0.25, 0.3) is 5.95 Å². The van der Waals surface area contributed by atoms with E-state index in [1.54, 1.807) is 18.3 Å².